The lowest BCUT2D eigenvalue weighted by atomic mass is 10.1. The minimum Gasteiger partial charge on any atom is -0.494 e. The number of esters is 1. The van der Waals surface area contributed by atoms with Crippen LogP contribution in [0.3, 0.4) is 0 Å². The van der Waals surface area contributed by atoms with Gasteiger partial charge in [-0.05, 0) is 30.5 Å². The molecule has 0 amide bonds. The van der Waals surface area contributed by atoms with Gasteiger partial charge in [0.25, 0.3) is 0 Å². The molecule has 0 fully saturated rings. The zero-order valence-electron chi connectivity index (χ0n) is 11.2. The molecule has 0 unspecified atom stereocenters. The van der Waals surface area contributed by atoms with Gasteiger partial charge in [-0.25, -0.2) is 4.79 Å². The molecule has 0 saturated heterocycles. The van der Waals surface area contributed by atoms with Crippen molar-refractivity contribution in [1.29, 1.82) is 0 Å². The minimum absolute atomic E-state index is 0.255. The molecule has 0 N–H and O–H groups in total. The number of carbonyl (C=O) groups is 1. The summed E-state index contributed by atoms with van der Waals surface area (Å²) in [6, 6.07) is 15.9. The van der Waals surface area contributed by atoms with Crippen LogP contribution in [0.4, 0.5) is 0 Å². The van der Waals surface area contributed by atoms with Gasteiger partial charge in [-0.15, -0.1) is 0 Å². The molecule has 2 aromatic carbocycles. The highest BCUT2D eigenvalue weighted by Crippen LogP contribution is 2.24. The first-order valence-corrected chi connectivity index (χ1v) is 6.80. The molecule has 0 aliphatic carbocycles. The summed E-state index contributed by atoms with van der Waals surface area (Å²) < 4.78 is 10.7. The molecular formula is C17H16O3. The molecule has 0 bridgehead atoms. The highest BCUT2D eigenvalue weighted by molar-refractivity contribution is 5.93. The summed E-state index contributed by atoms with van der Waals surface area (Å²) in [5.41, 5.74) is 2.88. The number of cyclic esters (lactones) is 1. The van der Waals surface area contributed by atoms with Crippen molar-refractivity contribution in [1.82, 2.24) is 0 Å². The number of ether oxygens (including phenoxy) is 2. The third kappa shape index (κ3) is 2.82. The second-order valence-corrected chi connectivity index (χ2v) is 4.83. The van der Waals surface area contributed by atoms with Crippen LogP contribution in [-0.4, -0.2) is 12.6 Å². The summed E-state index contributed by atoms with van der Waals surface area (Å²) in [4.78, 5) is 11.5. The van der Waals surface area contributed by atoms with Crippen molar-refractivity contribution in [2.45, 2.75) is 19.4 Å². The maximum absolute atomic E-state index is 11.5. The van der Waals surface area contributed by atoms with Gasteiger partial charge in [0.1, 0.15) is 12.4 Å². The second kappa shape index (κ2) is 5.78. The van der Waals surface area contributed by atoms with Crippen LogP contribution in [0.5, 0.6) is 5.75 Å². The minimum atomic E-state index is -0.255. The van der Waals surface area contributed by atoms with Crippen LogP contribution in [0.1, 0.15) is 27.9 Å². The van der Waals surface area contributed by atoms with Gasteiger partial charge >= 0.3 is 5.97 Å². The van der Waals surface area contributed by atoms with Crippen molar-refractivity contribution in [3.05, 3.63) is 65.2 Å². The molecule has 20 heavy (non-hydrogen) atoms. The first-order chi connectivity index (χ1) is 9.83. The number of hydrogen-bond acceptors (Lipinski definition) is 3. The number of hydrogen-bond donors (Lipinski definition) is 0. The van der Waals surface area contributed by atoms with E-state index in [0.717, 1.165) is 24.2 Å². The highest BCUT2D eigenvalue weighted by Gasteiger charge is 2.21. The summed E-state index contributed by atoms with van der Waals surface area (Å²) in [5.74, 6) is 0.477. The average molecular weight is 268 g/mol. The van der Waals surface area contributed by atoms with E-state index >= 15 is 0 Å². The lowest BCUT2D eigenvalue weighted by molar-refractivity contribution is 0.0535. The number of benzene rings is 2. The molecule has 1 aliphatic rings. The van der Waals surface area contributed by atoms with Gasteiger partial charge < -0.3 is 9.47 Å². The first-order valence-electron chi connectivity index (χ1n) is 6.80. The molecule has 0 radical (unpaired) electrons. The van der Waals surface area contributed by atoms with Crippen molar-refractivity contribution in [3.8, 4) is 5.75 Å². The van der Waals surface area contributed by atoms with Crippen LogP contribution in [-0.2, 0) is 17.8 Å². The topological polar surface area (TPSA) is 35.5 Å². The smallest absolute Gasteiger partial charge is 0.339 e. The fourth-order valence-corrected chi connectivity index (χ4v) is 2.29. The third-order valence-corrected chi connectivity index (χ3v) is 3.38. The number of rotatable bonds is 5. The molecule has 0 atom stereocenters. The molecule has 3 rings (SSSR count). The van der Waals surface area contributed by atoms with Crippen LogP contribution < -0.4 is 4.74 Å². The van der Waals surface area contributed by atoms with Gasteiger partial charge in [-0.2, -0.15) is 0 Å². The Morgan fingerprint density at radius 1 is 1.10 bits per heavy atom. The molecule has 0 aromatic heterocycles. The Bertz CT molecular complexity index is 605. The first kappa shape index (κ1) is 12.7. The van der Waals surface area contributed by atoms with Crippen molar-refractivity contribution in [3.63, 3.8) is 0 Å². The molecule has 3 nitrogen and oxygen atoms in total. The van der Waals surface area contributed by atoms with Crippen molar-refractivity contribution < 1.29 is 14.3 Å². The van der Waals surface area contributed by atoms with E-state index in [1.807, 2.05) is 30.3 Å². The molecular weight excluding hydrogens is 252 g/mol. The van der Waals surface area contributed by atoms with E-state index in [-0.39, 0.29) is 5.97 Å². The van der Waals surface area contributed by atoms with Gasteiger partial charge in [0.15, 0.2) is 0 Å². The van der Waals surface area contributed by atoms with Gasteiger partial charge in [0.2, 0.25) is 0 Å². The Hall–Kier alpha value is -2.29. The summed E-state index contributed by atoms with van der Waals surface area (Å²) in [6.07, 6.45) is 1.94. The normalized spacial score (nSPS) is 12.9. The van der Waals surface area contributed by atoms with Gasteiger partial charge in [0, 0.05) is 5.56 Å². The van der Waals surface area contributed by atoms with Gasteiger partial charge in [-0.3, -0.25) is 0 Å². The van der Waals surface area contributed by atoms with Crippen molar-refractivity contribution in [2.75, 3.05) is 6.61 Å². The van der Waals surface area contributed by atoms with Crippen molar-refractivity contribution in [2.24, 2.45) is 0 Å². The third-order valence-electron chi connectivity index (χ3n) is 3.38. The summed E-state index contributed by atoms with van der Waals surface area (Å²) in [7, 11) is 0. The fraction of sp³-hybridized carbons (Fsp3) is 0.235. The summed E-state index contributed by atoms with van der Waals surface area (Å²) in [5, 5.41) is 0. The van der Waals surface area contributed by atoms with Crippen LogP contribution in [0.2, 0.25) is 0 Å². The fourth-order valence-electron chi connectivity index (χ4n) is 2.29. The van der Waals surface area contributed by atoms with E-state index in [1.165, 1.54) is 5.56 Å². The van der Waals surface area contributed by atoms with E-state index in [4.69, 9.17) is 9.47 Å². The summed E-state index contributed by atoms with van der Waals surface area (Å²) >= 11 is 0. The van der Waals surface area contributed by atoms with Crippen LogP contribution in [0.25, 0.3) is 0 Å². The molecule has 2 aromatic rings. The van der Waals surface area contributed by atoms with Gasteiger partial charge in [-0.1, -0.05) is 36.4 Å². The van der Waals surface area contributed by atoms with Crippen LogP contribution >= 0.6 is 0 Å². The predicted molar refractivity (Wildman–Crippen MR) is 75.8 cm³/mol. The largest absolute Gasteiger partial charge is 0.494 e. The molecule has 3 heteroatoms. The van der Waals surface area contributed by atoms with Crippen LogP contribution in [0, 0.1) is 0 Å². The highest BCUT2D eigenvalue weighted by atomic mass is 16.5. The molecule has 0 spiro atoms. The maximum atomic E-state index is 11.5. The van der Waals surface area contributed by atoms with E-state index in [1.54, 1.807) is 6.07 Å². The Morgan fingerprint density at radius 3 is 2.80 bits per heavy atom. The Labute approximate surface area is 118 Å². The van der Waals surface area contributed by atoms with E-state index in [2.05, 4.69) is 12.1 Å². The molecule has 0 saturated carbocycles. The zero-order valence-corrected chi connectivity index (χ0v) is 11.2. The lowest BCUT2D eigenvalue weighted by Crippen LogP contribution is -2.01. The maximum Gasteiger partial charge on any atom is 0.339 e. The van der Waals surface area contributed by atoms with E-state index < -0.39 is 0 Å². The molecule has 102 valence electrons. The van der Waals surface area contributed by atoms with Crippen molar-refractivity contribution >= 4 is 5.97 Å². The number of aryl methyl sites for hydroxylation is 1. The Kier molecular flexibility index (Phi) is 3.68. The summed E-state index contributed by atoms with van der Waals surface area (Å²) in [6.45, 7) is 1.02. The van der Waals surface area contributed by atoms with E-state index in [9.17, 15) is 4.79 Å². The average Bonchev–Trinajstić information content (AvgIpc) is 2.86. The number of carbonyl (C=O) groups excluding carboxylic acids is 1. The van der Waals surface area contributed by atoms with Gasteiger partial charge in [0.05, 0.1) is 12.2 Å². The Morgan fingerprint density at radius 2 is 1.95 bits per heavy atom. The second-order valence-electron chi connectivity index (χ2n) is 4.83. The Balaban J connectivity index is 1.52. The zero-order chi connectivity index (χ0) is 13.8. The molecule has 1 heterocycles. The molecule has 1 aliphatic heterocycles. The monoisotopic (exact) mass is 268 g/mol. The number of fused-ring (bicyclic) bond motifs is 1. The SMILES string of the molecule is O=C1OCc2ccc(OCCCc3ccccc3)cc21. The van der Waals surface area contributed by atoms with E-state index in [0.29, 0.717) is 18.8 Å². The predicted octanol–water partition coefficient (Wildman–Crippen LogP) is 3.37. The quantitative estimate of drug-likeness (QED) is 0.616. The van der Waals surface area contributed by atoms with Crippen LogP contribution in [0.15, 0.2) is 48.5 Å². The lowest BCUT2D eigenvalue weighted by Gasteiger charge is -2.07. The standard InChI is InChI=1S/C17H16O3/c18-17-16-11-15(9-8-14(16)12-20-17)19-10-4-7-13-5-2-1-3-6-13/h1-3,5-6,8-9,11H,4,7,10,12H2.